The molecule has 4 rings (SSSR count). The second-order valence-corrected chi connectivity index (χ2v) is 9.95. The number of fused-ring (bicyclic) bond motifs is 1. The van der Waals surface area contributed by atoms with Crippen LogP contribution in [0.15, 0.2) is 69.0 Å². The molecule has 0 spiro atoms. The van der Waals surface area contributed by atoms with Gasteiger partial charge in [0.2, 0.25) is 0 Å². The lowest BCUT2D eigenvalue weighted by atomic mass is 10.1. The lowest BCUT2D eigenvalue weighted by Gasteiger charge is -2.15. The van der Waals surface area contributed by atoms with Crippen LogP contribution in [-0.4, -0.2) is 23.0 Å². The van der Waals surface area contributed by atoms with Gasteiger partial charge in [-0.05, 0) is 48.4 Å². The van der Waals surface area contributed by atoms with E-state index in [1.54, 1.807) is 30.5 Å². The van der Waals surface area contributed by atoms with Crippen molar-refractivity contribution in [3.8, 4) is 11.5 Å². The standard InChI is InChI=1S/C27H24BrCl2N3O3/c1-4-16(2)26-32-23-10-9-19(28)13-20(23)27(34)33(26)31-14-17-11-22(30)25(24(12-17)35-3)36-15-18-7-5-6-8-21(18)29/h5-14,16H,4,15H2,1-3H3/t16-/m0/s1. The number of hydrogen-bond acceptors (Lipinski definition) is 5. The molecule has 0 fully saturated rings. The summed E-state index contributed by atoms with van der Waals surface area (Å²) in [7, 11) is 1.53. The zero-order chi connectivity index (χ0) is 25.8. The van der Waals surface area contributed by atoms with Crippen LogP contribution in [0.4, 0.5) is 0 Å². The van der Waals surface area contributed by atoms with E-state index in [1.165, 1.54) is 11.8 Å². The van der Waals surface area contributed by atoms with Crippen LogP contribution in [0.5, 0.6) is 11.5 Å². The maximum atomic E-state index is 13.3. The molecule has 0 amide bonds. The van der Waals surface area contributed by atoms with Crippen LogP contribution in [0, 0.1) is 0 Å². The largest absolute Gasteiger partial charge is 0.493 e. The average Bonchev–Trinajstić information content (AvgIpc) is 2.87. The van der Waals surface area contributed by atoms with Gasteiger partial charge in [0, 0.05) is 21.0 Å². The first-order chi connectivity index (χ1) is 17.3. The third-order valence-electron chi connectivity index (χ3n) is 5.79. The van der Waals surface area contributed by atoms with Crippen LogP contribution >= 0.6 is 39.1 Å². The van der Waals surface area contributed by atoms with Crippen molar-refractivity contribution in [3.05, 3.63) is 96.4 Å². The molecule has 0 aliphatic heterocycles. The van der Waals surface area contributed by atoms with Gasteiger partial charge in [-0.3, -0.25) is 4.79 Å². The van der Waals surface area contributed by atoms with Crippen molar-refractivity contribution in [2.45, 2.75) is 32.8 Å². The van der Waals surface area contributed by atoms with Gasteiger partial charge in [0.1, 0.15) is 12.4 Å². The Morgan fingerprint density at radius 2 is 1.92 bits per heavy atom. The Morgan fingerprint density at radius 3 is 2.64 bits per heavy atom. The van der Waals surface area contributed by atoms with Crippen LogP contribution in [0.3, 0.4) is 0 Å². The molecule has 0 aliphatic carbocycles. The smallest absolute Gasteiger partial charge is 0.282 e. The third kappa shape index (κ3) is 5.59. The van der Waals surface area contributed by atoms with Gasteiger partial charge in [0.15, 0.2) is 11.5 Å². The van der Waals surface area contributed by atoms with E-state index in [2.05, 4.69) is 21.0 Å². The molecule has 9 heteroatoms. The molecule has 0 aliphatic rings. The average molecular weight is 589 g/mol. The molecule has 36 heavy (non-hydrogen) atoms. The quantitative estimate of drug-likeness (QED) is 0.200. The van der Waals surface area contributed by atoms with Crippen molar-refractivity contribution in [2.75, 3.05) is 7.11 Å². The predicted molar refractivity (Wildman–Crippen MR) is 149 cm³/mol. The number of benzene rings is 3. The summed E-state index contributed by atoms with van der Waals surface area (Å²) in [6.07, 6.45) is 2.37. The van der Waals surface area contributed by atoms with E-state index in [0.717, 1.165) is 16.5 Å². The zero-order valence-corrected chi connectivity index (χ0v) is 23.1. The van der Waals surface area contributed by atoms with Crippen molar-refractivity contribution < 1.29 is 9.47 Å². The number of rotatable bonds is 8. The van der Waals surface area contributed by atoms with Crippen LogP contribution < -0.4 is 15.0 Å². The summed E-state index contributed by atoms with van der Waals surface area (Å²) >= 11 is 16.2. The Kier molecular flexibility index (Phi) is 8.34. The normalized spacial score (nSPS) is 12.3. The Hall–Kier alpha value is -2.87. The minimum atomic E-state index is -0.245. The van der Waals surface area contributed by atoms with Crippen molar-refractivity contribution in [2.24, 2.45) is 5.10 Å². The van der Waals surface area contributed by atoms with E-state index in [0.29, 0.717) is 43.8 Å². The maximum absolute atomic E-state index is 13.3. The zero-order valence-electron chi connectivity index (χ0n) is 20.0. The second kappa shape index (κ2) is 11.5. The summed E-state index contributed by atoms with van der Waals surface area (Å²) in [6, 6.07) is 16.3. The molecule has 186 valence electrons. The summed E-state index contributed by atoms with van der Waals surface area (Å²) in [4.78, 5) is 18.1. The number of aromatic nitrogens is 2. The van der Waals surface area contributed by atoms with Gasteiger partial charge in [0.25, 0.3) is 5.56 Å². The molecule has 0 saturated heterocycles. The van der Waals surface area contributed by atoms with E-state index >= 15 is 0 Å². The first-order valence-electron chi connectivity index (χ1n) is 11.3. The van der Waals surface area contributed by atoms with Crippen molar-refractivity contribution in [3.63, 3.8) is 0 Å². The molecule has 1 atom stereocenters. The summed E-state index contributed by atoms with van der Waals surface area (Å²) in [5.74, 6) is 1.45. The number of ether oxygens (including phenoxy) is 2. The van der Waals surface area contributed by atoms with E-state index in [-0.39, 0.29) is 18.1 Å². The Morgan fingerprint density at radius 1 is 1.14 bits per heavy atom. The van der Waals surface area contributed by atoms with Crippen LogP contribution in [-0.2, 0) is 6.61 Å². The van der Waals surface area contributed by atoms with E-state index < -0.39 is 0 Å². The molecule has 0 bridgehead atoms. The van der Waals surface area contributed by atoms with Gasteiger partial charge in [-0.25, -0.2) is 4.98 Å². The molecule has 4 aromatic rings. The Balaban J connectivity index is 1.71. The van der Waals surface area contributed by atoms with Crippen LogP contribution in [0.2, 0.25) is 10.0 Å². The molecule has 0 radical (unpaired) electrons. The van der Waals surface area contributed by atoms with Gasteiger partial charge in [-0.15, -0.1) is 0 Å². The lowest BCUT2D eigenvalue weighted by Crippen LogP contribution is -2.23. The van der Waals surface area contributed by atoms with Crippen molar-refractivity contribution >= 4 is 56.2 Å². The fraction of sp³-hybridized carbons (Fsp3) is 0.222. The molecule has 1 heterocycles. The Bertz CT molecular complexity index is 1500. The maximum Gasteiger partial charge on any atom is 0.282 e. The highest BCUT2D eigenvalue weighted by Gasteiger charge is 2.16. The summed E-state index contributed by atoms with van der Waals surface area (Å²) in [5.41, 5.74) is 1.86. The minimum Gasteiger partial charge on any atom is -0.493 e. The van der Waals surface area contributed by atoms with Crippen LogP contribution in [0.1, 0.15) is 43.1 Å². The van der Waals surface area contributed by atoms with Gasteiger partial charge < -0.3 is 9.47 Å². The number of methoxy groups -OCH3 is 1. The first kappa shape index (κ1) is 26.2. The van der Waals surface area contributed by atoms with Crippen molar-refractivity contribution in [1.82, 2.24) is 9.66 Å². The molecular formula is C27H24BrCl2N3O3. The van der Waals surface area contributed by atoms with Gasteiger partial charge in [-0.1, -0.05) is 71.2 Å². The van der Waals surface area contributed by atoms with Gasteiger partial charge >= 0.3 is 0 Å². The second-order valence-electron chi connectivity index (χ2n) is 8.22. The third-order valence-corrected chi connectivity index (χ3v) is 6.93. The van der Waals surface area contributed by atoms with Crippen LogP contribution in [0.25, 0.3) is 10.9 Å². The van der Waals surface area contributed by atoms with Gasteiger partial charge in [0.05, 0.1) is 29.2 Å². The molecular weight excluding hydrogens is 565 g/mol. The van der Waals surface area contributed by atoms with E-state index in [9.17, 15) is 4.79 Å². The minimum absolute atomic E-state index is 0.0293. The fourth-order valence-corrected chi connectivity index (χ4v) is 4.45. The predicted octanol–water partition coefficient (Wildman–Crippen LogP) is 7.45. The molecule has 0 unspecified atom stereocenters. The topological polar surface area (TPSA) is 65.7 Å². The number of nitrogens with zero attached hydrogens (tertiary/aromatic N) is 3. The van der Waals surface area contributed by atoms with Crippen molar-refractivity contribution in [1.29, 1.82) is 0 Å². The monoisotopic (exact) mass is 587 g/mol. The molecule has 6 nitrogen and oxygen atoms in total. The summed E-state index contributed by atoms with van der Waals surface area (Å²) < 4.78 is 13.6. The molecule has 0 saturated carbocycles. The van der Waals surface area contributed by atoms with E-state index in [4.69, 9.17) is 37.7 Å². The highest BCUT2D eigenvalue weighted by atomic mass is 79.9. The number of hydrogen-bond donors (Lipinski definition) is 0. The Labute approximate surface area is 227 Å². The first-order valence-corrected chi connectivity index (χ1v) is 12.9. The van der Waals surface area contributed by atoms with E-state index in [1.807, 2.05) is 44.2 Å². The highest BCUT2D eigenvalue weighted by molar-refractivity contribution is 9.10. The molecule has 1 aromatic heterocycles. The van der Waals surface area contributed by atoms with Gasteiger partial charge in [-0.2, -0.15) is 9.78 Å². The molecule has 3 aromatic carbocycles. The summed E-state index contributed by atoms with van der Waals surface area (Å²) in [5, 5.41) is 5.94. The number of halogens is 3. The SMILES string of the molecule is CC[C@H](C)c1nc2ccc(Br)cc2c(=O)n1N=Cc1cc(Cl)c(OCc2ccccc2Cl)c(OC)c1. The highest BCUT2D eigenvalue weighted by Crippen LogP contribution is 2.37. The molecule has 0 N–H and O–H groups in total. The fourth-order valence-electron chi connectivity index (χ4n) is 3.62. The summed E-state index contributed by atoms with van der Waals surface area (Å²) in [6.45, 7) is 4.29. The lowest BCUT2D eigenvalue weighted by molar-refractivity contribution is 0.285.